The average Bonchev–Trinajstić information content (AvgIpc) is 3.69. The fourth-order valence-electron chi connectivity index (χ4n) is 9.21. The predicted octanol–water partition coefficient (Wildman–Crippen LogP) is 14.9. The number of allylic oxidation sites excluding steroid dienone is 2. The standard InChI is InChI=1S/2C14H22O.2C14H11.C2H7Si.Zr/c2*1-13(2,3)10-7-11(14(4,5)6)9-12(15)8-10;2*1-10-8-12-7-6-11-4-2-3-5-13(11)14(12)9-10;1-3-2;/h2*7-9,15H,1-6H3;2*2-9H,1H3;3H,1-2H3;/q;;;;;+2/p-2. The fourth-order valence-corrected chi connectivity index (χ4v) is 32.4. The van der Waals surface area contributed by atoms with Crippen LogP contribution in [0.2, 0.25) is 13.1 Å². The Labute approximate surface area is 383 Å². The summed E-state index contributed by atoms with van der Waals surface area (Å²) >= 11 is -1.92. The second kappa shape index (κ2) is 17.9. The van der Waals surface area contributed by atoms with E-state index in [1.165, 1.54) is 32.7 Å². The molecule has 6 aromatic rings. The number of hydrogen-bond acceptors (Lipinski definition) is 2. The van der Waals surface area contributed by atoms with E-state index in [0.717, 1.165) is 29.5 Å². The zero-order chi connectivity index (χ0) is 45.7. The fraction of sp³-hybridized carbons (Fsp3) is 0.379. The van der Waals surface area contributed by atoms with Crippen LogP contribution in [0.1, 0.15) is 149 Å². The van der Waals surface area contributed by atoms with E-state index in [1.54, 1.807) is 46.5 Å². The van der Waals surface area contributed by atoms with Crippen molar-refractivity contribution >= 4 is 39.6 Å². The molecule has 62 heavy (non-hydrogen) atoms. The Balaban J connectivity index is 0.000000179. The van der Waals surface area contributed by atoms with Gasteiger partial charge in [0.1, 0.15) is 0 Å². The van der Waals surface area contributed by atoms with Crippen molar-refractivity contribution in [1.82, 2.24) is 0 Å². The molecule has 0 aromatic heterocycles. The SMILES string of the molecule is CC(C)(C)c1cc([O-])cc(C(C)(C)C)c1.CC(C)(C)c1cc([O-])cc(C(C)(C)C)c1.CC1=Cc2c(ccc3ccccc23)[CH]1[Zr+2]([CH]1C(C)=Cc2c1ccc1ccccc21)[SiH](C)C. The van der Waals surface area contributed by atoms with Crippen LogP contribution in [0.4, 0.5) is 0 Å². The summed E-state index contributed by atoms with van der Waals surface area (Å²) in [6, 6.07) is 38.8. The van der Waals surface area contributed by atoms with Gasteiger partial charge in [0, 0.05) is 0 Å². The van der Waals surface area contributed by atoms with Crippen LogP contribution in [0.5, 0.6) is 11.5 Å². The van der Waals surface area contributed by atoms with Crippen LogP contribution in [-0.2, 0) is 42.6 Å². The molecule has 0 aliphatic heterocycles. The summed E-state index contributed by atoms with van der Waals surface area (Å²) in [5, 5.41) is 28.8. The topological polar surface area (TPSA) is 46.1 Å². The molecule has 0 bridgehead atoms. The summed E-state index contributed by atoms with van der Waals surface area (Å²) in [4.78, 5) is 0. The van der Waals surface area contributed by atoms with Crippen LogP contribution in [0.25, 0.3) is 33.7 Å². The van der Waals surface area contributed by atoms with Gasteiger partial charge in [-0.05, 0) is 43.9 Å². The zero-order valence-electron chi connectivity index (χ0n) is 40.6. The first-order chi connectivity index (χ1) is 28.8. The monoisotopic (exact) mass is 917 g/mol. The molecular weight excluding hydrogens is 848 g/mol. The zero-order valence-corrected chi connectivity index (χ0v) is 44.2. The molecule has 2 atom stereocenters. The molecule has 2 nitrogen and oxygen atoms in total. The molecule has 0 saturated heterocycles. The molecule has 2 aliphatic carbocycles. The molecule has 0 fully saturated rings. The summed E-state index contributed by atoms with van der Waals surface area (Å²) in [5.41, 5.74) is 14.2. The van der Waals surface area contributed by atoms with Gasteiger partial charge >= 0.3 is 201 Å². The van der Waals surface area contributed by atoms with Crippen molar-refractivity contribution in [2.24, 2.45) is 0 Å². The normalized spacial score (nSPS) is 16.2. The van der Waals surface area contributed by atoms with E-state index >= 15 is 0 Å². The Morgan fingerprint density at radius 1 is 0.435 bits per heavy atom. The van der Waals surface area contributed by atoms with E-state index in [4.69, 9.17) is 0 Å². The van der Waals surface area contributed by atoms with Crippen LogP contribution in [0, 0.1) is 0 Å². The van der Waals surface area contributed by atoms with Gasteiger partial charge in [-0.25, -0.2) is 0 Å². The minimum absolute atomic E-state index is 0.0421. The molecule has 4 heteroatoms. The van der Waals surface area contributed by atoms with Gasteiger partial charge in [0.2, 0.25) is 0 Å². The molecular formula is C58H71O2SiZr. The van der Waals surface area contributed by atoms with Crippen molar-refractivity contribution in [3.63, 3.8) is 0 Å². The predicted molar refractivity (Wildman–Crippen MR) is 266 cm³/mol. The van der Waals surface area contributed by atoms with Gasteiger partial charge in [-0.1, -0.05) is 119 Å². The number of hydrogen-bond donors (Lipinski definition) is 0. The van der Waals surface area contributed by atoms with Crippen molar-refractivity contribution < 1.29 is 31.1 Å². The van der Waals surface area contributed by atoms with Crippen molar-refractivity contribution in [2.75, 3.05) is 0 Å². The van der Waals surface area contributed by atoms with E-state index in [2.05, 4.69) is 207 Å². The maximum absolute atomic E-state index is 11.6. The molecule has 0 heterocycles. The van der Waals surface area contributed by atoms with E-state index in [1.807, 2.05) is 0 Å². The molecule has 2 unspecified atom stereocenters. The summed E-state index contributed by atoms with van der Waals surface area (Å²) in [7, 11) is 0. The molecule has 0 radical (unpaired) electrons. The molecule has 0 amide bonds. The van der Waals surface area contributed by atoms with Crippen molar-refractivity contribution in [2.45, 2.75) is 139 Å². The summed E-state index contributed by atoms with van der Waals surface area (Å²) in [6.45, 7) is 35.7. The Morgan fingerprint density at radius 2 is 0.742 bits per heavy atom. The molecule has 323 valence electrons. The third kappa shape index (κ3) is 10.3. The summed E-state index contributed by atoms with van der Waals surface area (Å²) in [5.74, 6) is -0.560. The van der Waals surface area contributed by atoms with Crippen LogP contribution in [0.3, 0.4) is 0 Å². The van der Waals surface area contributed by atoms with E-state index in [-0.39, 0.29) is 33.2 Å². The molecule has 8 rings (SSSR count). The average molecular weight is 920 g/mol. The van der Waals surface area contributed by atoms with Crippen molar-refractivity contribution in [3.05, 3.63) is 165 Å². The Hall–Kier alpha value is -3.98. The van der Waals surface area contributed by atoms with Gasteiger partial charge in [0.15, 0.2) is 0 Å². The Kier molecular flexibility index (Phi) is 13.7. The van der Waals surface area contributed by atoms with Crippen molar-refractivity contribution in [3.8, 4) is 11.5 Å². The number of rotatable bonds is 3. The van der Waals surface area contributed by atoms with Crippen LogP contribution < -0.4 is 10.2 Å². The summed E-state index contributed by atoms with van der Waals surface area (Å²) < 4.78 is 1.43. The van der Waals surface area contributed by atoms with E-state index < -0.39 is 26.8 Å². The molecule has 2 aliphatic rings. The summed E-state index contributed by atoms with van der Waals surface area (Å²) in [6.07, 6.45) is 5.07. The van der Waals surface area contributed by atoms with Crippen LogP contribution in [-0.4, -0.2) is 5.92 Å². The van der Waals surface area contributed by atoms with Gasteiger partial charge in [-0.3, -0.25) is 0 Å². The molecule has 0 N–H and O–H groups in total. The van der Waals surface area contributed by atoms with E-state index in [0.29, 0.717) is 0 Å². The molecule has 0 saturated carbocycles. The van der Waals surface area contributed by atoms with Gasteiger partial charge in [0.05, 0.1) is 0 Å². The maximum atomic E-state index is 11.6. The second-order valence-electron chi connectivity index (χ2n) is 22.4. The van der Waals surface area contributed by atoms with Gasteiger partial charge in [0.25, 0.3) is 0 Å². The molecule has 0 spiro atoms. The third-order valence-electron chi connectivity index (χ3n) is 12.9. The quantitative estimate of drug-likeness (QED) is 0.166. The van der Waals surface area contributed by atoms with Gasteiger partial charge < -0.3 is 10.2 Å². The first kappa shape index (κ1) is 47.5. The second-order valence-corrected chi connectivity index (χ2v) is 42.4. The molecule has 6 aromatic carbocycles. The third-order valence-corrected chi connectivity index (χ3v) is 35.1. The first-order valence-corrected chi connectivity index (χ1v) is 32.7. The number of benzene rings is 6. The minimum atomic E-state index is -1.92. The van der Waals surface area contributed by atoms with Crippen LogP contribution in [0.15, 0.2) is 120 Å². The number of fused-ring (bicyclic) bond motifs is 6. The van der Waals surface area contributed by atoms with Crippen molar-refractivity contribution in [1.29, 1.82) is 0 Å². The Morgan fingerprint density at radius 3 is 1.03 bits per heavy atom. The Bertz CT molecular complexity index is 2410. The van der Waals surface area contributed by atoms with Gasteiger partial charge in [-0.15, -0.1) is 11.5 Å². The van der Waals surface area contributed by atoms with Gasteiger partial charge in [-0.2, -0.15) is 0 Å². The van der Waals surface area contributed by atoms with E-state index in [9.17, 15) is 10.2 Å². The van der Waals surface area contributed by atoms with Crippen LogP contribution >= 0.6 is 0 Å². The first-order valence-electron chi connectivity index (χ1n) is 22.7.